The maximum absolute atomic E-state index is 3.91. The smallest absolute Gasteiger partial charge is 0.0429 e. The molecule has 2 aliphatic rings. The molecule has 2 aliphatic heterocycles. The summed E-state index contributed by atoms with van der Waals surface area (Å²) in [6.45, 7) is 27.8. The SMILES string of the molecule is CC(C)(C)c1ccc(CP(C(C)(C)C)C(C)(C)C)c(C(P)(C2CNCCN2)C2CNCCN2)c1. The highest BCUT2D eigenvalue weighted by Gasteiger charge is 2.46. The lowest BCUT2D eigenvalue weighted by atomic mass is 9.77. The molecule has 4 nitrogen and oxygen atoms in total. The zero-order chi connectivity index (χ0) is 25.4. The van der Waals surface area contributed by atoms with Gasteiger partial charge in [0, 0.05) is 56.5 Å². The topological polar surface area (TPSA) is 48.1 Å². The second-order valence-corrected chi connectivity index (χ2v) is 18.2. The van der Waals surface area contributed by atoms with Crippen molar-refractivity contribution in [3.05, 3.63) is 34.9 Å². The molecule has 2 fully saturated rings. The van der Waals surface area contributed by atoms with Gasteiger partial charge in [0.25, 0.3) is 0 Å². The number of benzene rings is 1. The van der Waals surface area contributed by atoms with E-state index in [4.69, 9.17) is 0 Å². The fourth-order valence-electron chi connectivity index (χ4n) is 5.84. The molecule has 34 heavy (non-hydrogen) atoms. The molecule has 2 heterocycles. The molecule has 3 rings (SSSR count). The Morgan fingerprint density at radius 2 is 1.29 bits per heavy atom. The molecule has 0 aliphatic carbocycles. The van der Waals surface area contributed by atoms with Gasteiger partial charge in [0.15, 0.2) is 0 Å². The molecule has 0 aromatic heterocycles. The normalized spacial score (nSPS) is 24.8. The first-order valence-electron chi connectivity index (χ1n) is 13.2. The van der Waals surface area contributed by atoms with E-state index in [9.17, 15) is 0 Å². The lowest BCUT2D eigenvalue weighted by molar-refractivity contribution is 0.255. The van der Waals surface area contributed by atoms with Gasteiger partial charge < -0.3 is 21.3 Å². The minimum atomic E-state index is -0.236. The van der Waals surface area contributed by atoms with E-state index in [2.05, 4.69) is 111 Å². The van der Waals surface area contributed by atoms with Crippen molar-refractivity contribution >= 4 is 17.2 Å². The third-order valence-electron chi connectivity index (χ3n) is 7.63. The second kappa shape index (κ2) is 10.7. The Morgan fingerprint density at radius 3 is 1.68 bits per heavy atom. The second-order valence-electron chi connectivity index (χ2n) is 13.4. The molecule has 4 N–H and O–H groups in total. The summed E-state index contributed by atoms with van der Waals surface area (Å²) in [7, 11) is 3.15. The molecule has 6 heteroatoms. The molecule has 194 valence electrons. The molecule has 0 amide bonds. The number of nitrogens with one attached hydrogen (secondary N) is 4. The van der Waals surface area contributed by atoms with E-state index in [1.165, 1.54) is 17.3 Å². The summed E-state index contributed by atoms with van der Waals surface area (Å²) in [6.07, 6.45) is 1.17. The Balaban J connectivity index is 2.19. The van der Waals surface area contributed by atoms with Crippen LogP contribution >= 0.6 is 17.2 Å². The van der Waals surface area contributed by atoms with Crippen molar-refractivity contribution in [2.24, 2.45) is 0 Å². The third-order valence-corrected chi connectivity index (χ3v) is 12.6. The third kappa shape index (κ3) is 6.42. The van der Waals surface area contributed by atoms with E-state index in [-0.39, 0.29) is 18.5 Å². The molecule has 3 unspecified atom stereocenters. The summed E-state index contributed by atoms with van der Waals surface area (Å²) < 4.78 is 0. The molecule has 0 spiro atoms. The lowest BCUT2D eigenvalue weighted by Gasteiger charge is -2.49. The first-order valence-corrected chi connectivity index (χ1v) is 15.3. The highest BCUT2D eigenvalue weighted by Crippen LogP contribution is 2.62. The Kier molecular flexibility index (Phi) is 8.99. The van der Waals surface area contributed by atoms with Crippen molar-refractivity contribution in [3.63, 3.8) is 0 Å². The summed E-state index contributed by atoms with van der Waals surface area (Å²) in [4.78, 5) is 0. The number of piperazine rings is 2. The highest BCUT2D eigenvalue weighted by atomic mass is 31.1. The number of hydrogen-bond donors (Lipinski definition) is 4. The summed E-state index contributed by atoms with van der Waals surface area (Å²) >= 11 is 0. The monoisotopic (exact) mass is 506 g/mol. The van der Waals surface area contributed by atoms with E-state index in [0.717, 1.165) is 39.3 Å². The van der Waals surface area contributed by atoms with E-state index in [0.29, 0.717) is 22.4 Å². The van der Waals surface area contributed by atoms with Crippen LogP contribution in [0.1, 0.15) is 79.0 Å². The van der Waals surface area contributed by atoms with Crippen LogP contribution in [0, 0.1) is 0 Å². The molecule has 3 atom stereocenters. The van der Waals surface area contributed by atoms with Crippen LogP contribution in [0.4, 0.5) is 0 Å². The van der Waals surface area contributed by atoms with E-state index in [1.807, 2.05) is 0 Å². The fraction of sp³-hybridized carbons (Fsp3) is 0.786. The lowest BCUT2D eigenvalue weighted by Crippen LogP contribution is -2.66. The first kappa shape index (κ1) is 28.5. The van der Waals surface area contributed by atoms with Crippen LogP contribution in [0.2, 0.25) is 0 Å². The summed E-state index contributed by atoms with van der Waals surface area (Å²) in [5, 5.41) is 15.7. The largest absolute Gasteiger partial charge is 0.314 e. The maximum atomic E-state index is 3.91. The molecule has 1 aromatic rings. The average Bonchev–Trinajstić information content (AvgIpc) is 2.76. The summed E-state index contributed by atoms with van der Waals surface area (Å²) in [5.74, 6) is 0. The average molecular weight is 507 g/mol. The minimum absolute atomic E-state index is 0.103. The summed E-state index contributed by atoms with van der Waals surface area (Å²) in [6, 6.07) is 8.16. The summed E-state index contributed by atoms with van der Waals surface area (Å²) in [5.41, 5.74) is 4.61. The standard InChI is InChI=1S/C28H52N4P2/c1-25(2,3)21-11-10-20(19-34(26(4,5)6)27(7,8)9)22(16-21)28(33,23-17-29-12-14-31-23)24-18-30-13-15-32-24/h10-11,16,23-24,29-32H,12-15,17-19,33H2,1-9H3. The Bertz CT molecular complexity index is 775. The van der Waals surface area contributed by atoms with E-state index in [1.54, 1.807) is 5.56 Å². The zero-order valence-electron chi connectivity index (χ0n) is 23.4. The maximum Gasteiger partial charge on any atom is 0.0429 e. The van der Waals surface area contributed by atoms with Crippen molar-refractivity contribution in [1.29, 1.82) is 0 Å². The van der Waals surface area contributed by atoms with Crippen LogP contribution in [0.15, 0.2) is 18.2 Å². The molecule has 0 saturated carbocycles. The van der Waals surface area contributed by atoms with Crippen LogP contribution in [0.5, 0.6) is 0 Å². The van der Waals surface area contributed by atoms with Gasteiger partial charge in [0.2, 0.25) is 0 Å². The van der Waals surface area contributed by atoms with Crippen molar-refractivity contribution in [3.8, 4) is 0 Å². The van der Waals surface area contributed by atoms with Gasteiger partial charge in [-0.15, -0.1) is 9.24 Å². The Morgan fingerprint density at radius 1 is 0.794 bits per heavy atom. The number of rotatable bonds is 5. The number of hydrogen-bond acceptors (Lipinski definition) is 4. The van der Waals surface area contributed by atoms with Gasteiger partial charge in [0.05, 0.1) is 0 Å². The van der Waals surface area contributed by atoms with Crippen LogP contribution < -0.4 is 21.3 Å². The predicted octanol–water partition coefficient (Wildman–Crippen LogP) is 4.76. The van der Waals surface area contributed by atoms with Crippen molar-refractivity contribution in [2.45, 2.75) is 101 Å². The zero-order valence-corrected chi connectivity index (χ0v) is 25.4. The van der Waals surface area contributed by atoms with Gasteiger partial charge in [-0.25, -0.2) is 0 Å². The van der Waals surface area contributed by atoms with Gasteiger partial charge in [0.1, 0.15) is 0 Å². The Hall–Kier alpha value is -0.0800. The predicted molar refractivity (Wildman–Crippen MR) is 156 cm³/mol. The van der Waals surface area contributed by atoms with Crippen LogP contribution in [0.25, 0.3) is 0 Å². The first-order chi connectivity index (χ1) is 15.6. The van der Waals surface area contributed by atoms with E-state index < -0.39 is 0 Å². The van der Waals surface area contributed by atoms with Crippen molar-refractivity contribution in [1.82, 2.24) is 21.3 Å². The molecule has 0 bridgehead atoms. The van der Waals surface area contributed by atoms with Crippen LogP contribution in [-0.2, 0) is 16.7 Å². The van der Waals surface area contributed by atoms with Gasteiger partial charge in [-0.1, -0.05) is 88.4 Å². The van der Waals surface area contributed by atoms with Gasteiger partial charge in [-0.3, -0.25) is 0 Å². The van der Waals surface area contributed by atoms with Crippen LogP contribution in [0.3, 0.4) is 0 Å². The molecule has 0 radical (unpaired) electrons. The Labute approximate surface area is 213 Å². The molecule has 1 aromatic carbocycles. The fourth-order valence-corrected chi connectivity index (χ4v) is 10.2. The van der Waals surface area contributed by atoms with Gasteiger partial charge in [-0.05, 0) is 38.6 Å². The van der Waals surface area contributed by atoms with Crippen LogP contribution in [-0.4, -0.2) is 61.7 Å². The minimum Gasteiger partial charge on any atom is -0.314 e. The van der Waals surface area contributed by atoms with E-state index >= 15 is 0 Å². The quantitative estimate of drug-likeness (QED) is 0.435. The molecular formula is C28H52N4P2. The highest BCUT2D eigenvalue weighted by molar-refractivity contribution is 7.60. The molecule has 2 saturated heterocycles. The van der Waals surface area contributed by atoms with Gasteiger partial charge >= 0.3 is 0 Å². The van der Waals surface area contributed by atoms with Crippen molar-refractivity contribution in [2.75, 3.05) is 39.3 Å². The van der Waals surface area contributed by atoms with Crippen molar-refractivity contribution < 1.29 is 0 Å². The van der Waals surface area contributed by atoms with Gasteiger partial charge in [-0.2, -0.15) is 0 Å². The molecular weight excluding hydrogens is 454 g/mol.